The Morgan fingerprint density at radius 1 is 1.22 bits per heavy atom. The van der Waals surface area contributed by atoms with Crippen LogP contribution in [0.3, 0.4) is 0 Å². The maximum absolute atomic E-state index is 13.7. The van der Waals surface area contributed by atoms with E-state index in [9.17, 15) is 17.8 Å². The molecule has 0 saturated carbocycles. The van der Waals surface area contributed by atoms with Crippen LogP contribution in [0.25, 0.3) is 0 Å². The molecule has 4 nitrogen and oxygen atoms in total. The molecule has 0 spiro atoms. The Morgan fingerprint density at radius 2 is 1.72 bits per heavy atom. The van der Waals surface area contributed by atoms with E-state index in [1.54, 1.807) is 0 Å². The molecule has 1 heterocycles. The van der Waals surface area contributed by atoms with Gasteiger partial charge < -0.3 is 10.0 Å². The third-order valence-corrected chi connectivity index (χ3v) is 4.03. The summed E-state index contributed by atoms with van der Waals surface area (Å²) >= 11 is 0. The molecule has 0 amide bonds. The number of rotatable bonds is 2. The number of nitrogens with zero attached hydrogens (tertiary/aromatic N) is 1. The monoisotopic (exact) mass is 275 g/mol. The van der Waals surface area contributed by atoms with E-state index in [1.807, 2.05) is 0 Å². The molecule has 98 valence electrons. The lowest BCUT2D eigenvalue weighted by molar-refractivity contribution is 0.0695. The van der Waals surface area contributed by atoms with Crippen LogP contribution in [0.1, 0.15) is 10.4 Å². The number of anilines is 1. The van der Waals surface area contributed by atoms with Gasteiger partial charge in [0, 0.05) is 35.4 Å². The van der Waals surface area contributed by atoms with Gasteiger partial charge in [-0.25, -0.2) is 13.6 Å². The first-order valence-corrected chi connectivity index (χ1v) is 6.80. The Labute approximate surface area is 105 Å². The van der Waals surface area contributed by atoms with E-state index < -0.39 is 34.0 Å². The first-order chi connectivity index (χ1) is 8.49. The Balaban J connectivity index is 2.33. The zero-order valence-corrected chi connectivity index (χ0v) is 10.2. The molecule has 0 aromatic heterocycles. The fourth-order valence-corrected chi connectivity index (χ4v) is 2.90. The molecule has 18 heavy (non-hydrogen) atoms. The van der Waals surface area contributed by atoms with Gasteiger partial charge in [0.15, 0.2) is 0 Å². The largest absolute Gasteiger partial charge is 0.478 e. The molecule has 1 aromatic rings. The minimum Gasteiger partial charge on any atom is -0.478 e. The number of carbonyl (C=O) groups is 1. The Hall–Kier alpha value is -1.50. The van der Waals surface area contributed by atoms with Crippen LogP contribution in [0.5, 0.6) is 0 Å². The SMILES string of the molecule is O=C(O)c1cc(F)c(N2CCS(=O)CC2)c(F)c1. The van der Waals surface area contributed by atoms with Crippen molar-refractivity contribution in [2.45, 2.75) is 0 Å². The summed E-state index contributed by atoms with van der Waals surface area (Å²) in [5.41, 5.74) is -0.661. The van der Waals surface area contributed by atoms with Crippen LogP contribution in [0, 0.1) is 11.6 Å². The first-order valence-electron chi connectivity index (χ1n) is 5.31. The topological polar surface area (TPSA) is 57.6 Å². The standard InChI is InChI=1S/C11H11F2NO3S/c12-8-5-7(11(15)16)6-9(13)10(8)14-1-3-18(17)4-2-14/h5-6H,1-4H2,(H,15,16). The van der Waals surface area contributed by atoms with Crippen molar-refractivity contribution in [2.75, 3.05) is 29.5 Å². The highest BCUT2D eigenvalue weighted by molar-refractivity contribution is 7.85. The number of carboxylic acid groups (broad SMARTS) is 1. The minimum atomic E-state index is -1.38. The predicted molar refractivity (Wildman–Crippen MR) is 63.4 cm³/mol. The van der Waals surface area contributed by atoms with E-state index in [0.29, 0.717) is 24.6 Å². The average molecular weight is 275 g/mol. The lowest BCUT2D eigenvalue weighted by Crippen LogP contribution is -2.38. The Kier molecular flexibility index (Phi) is 3.60. The van der Waals surface area contributed by atoms with E-state index in [4.69, 9.17) is 5.11 Å². The molecule has 2 rings (SSSR count). The van der Waals surface area contributed by atoms with Crippen molar-refractivity contribution in [3.05, 3.63) is 29.3 Å². The molecule has 0 atom stereocenters. The summed E-state index contributed by atoms with van der Waals surface area (Å²) in [5, 5.41) is 8.68. The van der Waals surface area contributed by atoms with Crippen LogP contribution < -0.4 is 4.90 Å². The summed E-state index contributed by atoms with van der Waals surface area (Å²) in [6, 6.07) is 1.60. The second-order valence-corrected chi connectivity index (χ2v) is 5.62. The third-order valence-electron chi connectivity index (χ3n) is 2.76. The van der Waals surface area contributed by atoms with Crippen molar-refractivity contribution in [1.82, 2.24) is 0 Å². The molecule has 1 aliphatic rings. The van der Waals surface area contributed by atoms with Gasteiger partial charge in [0.05, 0.1) is 5.56 Å². The molecular weight excluding hydrogens is 264 g/mol. The second kappa shape index (κ2) is 5.01. The molecule has 0 radical (unpaired) electrons. The van der Waals surface area contributed by atoms with Crippen molar-refractivity contribution in [3.8, 4) is 0 Å². The maximum atomic E-state index is 13.7. The fourth-order valence-electron chi connectivity index (χ4n) is 1.85. The van der Waals surface area contributed by atoms with E-state index in [1.165, 1.54) is 4.90 Å². The Morgan fingerprint density at radius 3 is 2.17 bits per heavy atom. The van der Waals surface area contributed by atoms with Gasteiger partial charge in [0.25, 0.3) is 0 Å². The molecule has 0 aliphatic carbocycles. The maximum Gasteiger partial charge on any atom is 0.335 e. The highest BCUT2D eigenvalue weighted by Crippen LogP contribution is 2.26. The predicted octanol–water partition coefficient (Wildman–Crippen LogP) is 1.23. The van der Waals surface area contributed by atoms with Crippen molar-refractivity contribution in [2.24, 2.45) is 0 Å². The van der Waals surface area contributed by atoms with Crippen molar-refractivity contribution in [3.63, 3.8) is 0 Å². The summed E-state index contributed by atoms with van der Waals surface area (Å²) in [7, 11) is -0.940. The smallest absolute Gasteiger partial charge is 0.335 e. The number of benzene rings is 1. The summed E-state index contributed by atoms with van der Waals surface area (Å²) in [6.45, 7) is 0.597. The van der Waals surface area contributed by atoms with Crippen LogP contribution in [0.15, 0.2) is 12.1 Å². The van der Waals surface area contributed by atoms with Gasteiger partial charge in [-0.1, -0.05) is 0 Å². The third kappa shape index (κ3) is 2.50. The summed E-state index contributed by atoms with van der Waals surface area (Å²) in [5.74, 6) is -2.46. The van der Waals surface area contributed by atoms with Crippen molar-refractivity contribution < 1.29 is 22.9 Å². The molecule has 1 aliphatic heterocycles. The molecule has 1 N–H and O–H groups in total. The van der Waals surface area contributed by atoms with Crippen molar-refractivity contribution >= 4 is 22.5 Å². The summed E-state index contributed by atoms with van der Waals surface area (Å²) < 4.78 is 38.6. The number of halogens is 2. The molecule has 1 aromatic carbocycles. The van der Waals surface area contributed by atoms with Crippen LogP contribution >= 0.6 is 0 Å². The van der Waals surface area contributed by atoms with Crippen LogP contribution in [-0.2, 0) is 10.8 Å². The molecular formula is C11H11F2NO3S. The summed E-state index contributed by atoms with van der Waals surface area (Å²) in [4.78, 5) is 12.1. The molecule has 0 bridgehead atoms. The van der Waals surface area contributed by atoms with Gasteiger partial charge in [-0.05, 0) is 12.1 Å². The van der Waals surface area contributed by atoms with Crippen LogP contribution in [0.4, 0.5) is 14.5 Å². The second-order valence-electron chi connectivity index (χ2n) is 3.93. The normalized spacial score (nSPS) is 16.9. The number of carboxylic acids is 1. The zero-order chi connectivity index (χ0) is 13.3. The van der Waals surface area contributed by atoms with Crippen molar-refractivity contribution in [1.29, 1.82) is 0 Å². The fraction of sp³-hybridized carbons (Fsp3) is 0.364. The van der Waals surface area contributed by atoms with Gasteiger partial charge in [-0.2, -0.15) is 0 Å². The highest BCUT2D eigenvalue weighted by Gasteiger charge is 2.23. The molecule has 1 saturated heterocycles. The van der Waals surface area contributed by atoms with Crippen LogP contribution in [-0.4, -0.2) is 39.9 Å². The average Bonchev–Trinajstić information content (AvgIpc) is 2.30. The van der Waals surface area contributed by atoms with Gasteiger partial charge >= 0.3 is 5.97 Å². The van der Waals surface area contributed by atoms with Crippen LogP contribution in [0.2, 0.25) is 0 Å². The number of hydrogen-bond acceptors (Lipinski definition) is 3. The molecule has 1 fully saturated rings. The molecule has 7 heteroatoms. The van der Waals surface area contributed by atoms with Gasteiger partial charge in [0.1, 0.15) is 17.3 Å². The van der Waals surface area contributed by atoms with E-state index in [2.05, 4.69) is 0 Å². The number of aromatic carboxylic acids is 1. The van der Waals surface area contributed by atoms with E-state index >= 15 is 0 Å². The lowest BCUT2D eigenvalue weighted by Gasteiger charge is -2.29. The minimum absolute atomic E-state index is 0.239. The quantitative estimate of drug-likeness (QED) is 0.882. The molecule has 0 unspecified atom stereocenters. The lowest BCUT2D eigenvalue weighted by atomic mass is 10.1. The van der Waals surface area contributed by atoms with E-state index in [0.717, 1.165) is 12.1 Å². The van der Waals surface area contributed by atoms with Gasteiger partial charge in [0.2, 0.25) is 0 Å². The van der Waals surface area contributed by atoms with E-state index in [-0.39, 0.29) is 5.69 Å². The summed E-state index contributed by atoms with van der Waals surface area (Å²) in [6.07, 6.45) is 0. The zero-order valence-electron chi connectivity index (χ0n) is 9.36. The Bertz CT molecular complexity index is 488. The van der Waals surface area contributed by atoms with Gasteiger partial charge in [-0.15, -0.1) is 0 Å². The first kappa shape index (κ1) is 12.9. The van der Waals surface area contributed by atoms with Gasteiger partial charge in [-0.3, -0.25) is 4.21 Å². The highest BCUT2D eigenvalue weighted by atomic mass is 32.2. The number of hydrogen-bond donors (Lipinski definition) is 1.